The summed E-state index contributed by atoms with van der Waals surface area (Å²) in [4.78, 5) is 6.76. The Bertz CT molecular complexity index is 358. The van der Waals surface area contributed by atoms with E-state index in [0.717, 1.165) is 30.4 Å². The quantitative estimate of drug-likeness (QED) is 0.673. The summed E-state index contributed by atoms with van der Waals surface area (Å²) >= 11 is 0. The van der Waals surface area contributed by atoms with Crippen molar-refractivity contribution in [1.82, 2.24) is 4.98 Å². The summed E-state index contributed by atoms with van der Waals surface area (Å²) in [6, 6.07) is 4.06. The fourth-order valence-electron chi connectivity index (χ4n) is 1.88. The fourth-order valence-corrected chi connectivity index (χ4v) is 2.01. The summed E-state index contributed by atoms with van der Waals surface area (Å²) in [5.41, 5.74) is 3.72. The van der Waals surface area contributed by atoms with Gasteiger partial charge in [-0.1, -0.05) is 0 Å². The molecule has 0 atom stereocenters. The monoisotopic (exact) mass is 218 g/mol. The molecule has 2 rings (SSSR count). The number of anilines is 1. The average Bonchev–Trinajstić information content (AvgIpc) is 2.30. The van der Waals surface area contributed by atoms with Crippen molar-refractivity contribution in [1.29, 1.82) is 0 Å². The van der Waals surface area contributed by atoms with Crippen molar-refractivity contribution in [2.45, 2.75) is 19.8 Å². The van der Waals surface area contributed by atoms with Crippen LogP contribution in [0.3, 0.4) is 0 Å². The van der Waals surface area contributed by atoms with Crippen molar-refractivity contribution in [3.63, 3.8) is 0 Å². The number of nitrogens with zero attached hydrogens (tertiary/aromatic N) is 2. The van der Waals surface area contributed by atoms with Crippen molar-refractivity contribution in [3.05, 3.63) is 23.9 Å². The van der Waals surface area contributed by atoms with Crippen LogP contribution in [0.4, 0.5) is 5.82 Å². The average molecular weight is 218 g/mol. The number of pyridine rings is 1. The zero-order chi connectivity index (χ0) is 10.7. The summed E-state index contributed by atoms with van der Waals surface area (Å²) < 4.78 is 0. The zero-order valence-electron chi connectivity index (χ0n) is 8.98. The second-order valence-electron chi connectivity index (χ2n) is 4.19. The first-order valence-electron chi connectivity index (χ1n) is 5.40. The number of rotatable bonds is 1. The van der Waals surface area contributed by atoms with E-state index in [0.29, 0.717) is 0 Å². The van der Waals surface area contributed by atoms with E-state index in [4.69, 9.17) is 0 Å². The van der Waals surface area contributed by atoms with Crippen molar-refractivity contribution >= 4 is 14.5 Å². The molecule has 1 aromatic heterocycles. The molecule has 1 aliphatic heterocycles. The van der Waals surface area contributed by atoms with Crippen LogP contribution in [0.1, 0.15) is 25.3 Å². The Morgan fingerprint density at radius 2 is 2.13 bits per heavy atom. The van der Waals surface area contributed by atoms with Gasteiger partial charge < -0.3 is 0 Å². The molecule has 0 saturated carbocycles. The molecular weight excluding hydrogens is 203 g/mol. The number of hydrogen-bond acceptors (Lipinski definition) is 2. The van der Waals surface area contributed by atoms with Gasteiger partial charge in [0.15, 0.2) is 0 Å². The van der Waals surface area contributed by atoms with Crippen molar-refractivity contribution < 1.29 is 0 Å². The third kappa shape index (κ3) is 2.59. The van der Waals surface area contributed by atoms with E-state index >= 15 is 0 Å². The maximum atomic E-state index is 4.41. The van der Waals surface area contributed by atoms with Crippen LogP contribution in [0.2, 0.25) is 0 Å². The minimum atomic E-state index is 0.861. The Hall–Kier alpha value is -0.840. The molecule has 0 amide bonds. The van der Waals surface area contributed by atoms with Gasteiger partial charge in [-0.2, -0.15) is 0 Å². The van der Waals surface area contributed by atoms with Gasteiger partial charge in [-0.25, -0.2) is 0 Å². The van der Waals surface area contributed by atoms with Gasteiger partial charge in [-0.05, 0) is 0 Å². The molecule has 0 spiro atoms. The van der Waals surface area contributed by atoms with Crippen molar-refractivity contribution in [3.8, 4) is 5.63 Å². The topological polar surface area (TPSA) is 16.1 Å². The molecule has 1 aromatic rings. The Kier molecular flexibility index (Phi) is 3.41. The van der Waals surface area contributed by atoms with Gasteiger partial charge in [0.05, 0.1) is 0 Å². The first-order chi connectivity index (χ1) is 7.29. The van der Waals surface area contributed by atoms with Crippen LogP contribution in [0.5, 0.6) is 0 Å². The summed E-state index contributed by atoms with van der Waals surface area (Å²) in [5, 5.41) is 0. The Labute approximate surface area is 93.2 Å². The van der Waals surface area contributed by atoms with Gasteiger partial charge in [0.25, 0.3) is 0 Å². The zero-order valence-corrected chi connectivity index (χ0v) is 9.87. The summed E-state index contributed by atoms with van der Waals surface area (Å²) in [6.07, 6.45) is 4.36. The molecule has 0 aromatic carbocycles. The second-order valence-corrected chi connectivity index (χ2v) is 4.41. The molecule has 2 nitrogen and oxygen atoms in total. The molecule has 0 N–H and O–H groups in total. The number of aromatic nitrogens is 1. The van der Waals surface area contributed by atoms with Crippen LogP contribution in [-0.4, -0.2) is 18.1 Å². The van der Waals surface area contributed by atoms with Crippen LogP contribution in [0, 0.1) is 11.5 Å². The van der Waals surface area contributed by atoms with Gasteiger partial charge in [-0.3, -0.25) is 0 Å². The molecule has 1 aliphatic rings. The van der Waals surface area contributed by atoms with Crippen LogP contribution >= 0.6 is 8.70 Å². The molecule has 0 radical (unpaired) electrons. The molecular formula is C12H15N2P. The summed E-state index contributed by atoms with van der Waals surface area (Å²) in [5.74, 6) is 1.94. The SMILES string of the molecule is CC1CCN(c2ccc(C#P)cn2)CC1. The number of piperidine rings is 1. The molecule has 1 fully saturated rings. The Morgan fingerprint density at radius 1 is 1.40 bits per heavy atom. The summed E-state index contributed by atoms with van der Waals surface area (Å²) in [7, 11) is 3.98. The fraction of sp³-hybridized carbons (Fsp3) is 0.500. The molecule has 3 heteroatoms. The molecule has 0 unspecified atom stereocenters. The standard InChI is InChI=1S/C12H15N2P/c1-10-4-6-14(7-5-10)12-3-2-11(9-15)8-13-12/h2-3,8,10H,4-7H2,1H3. The van der Waals surface area contributed by atoms with E-state index in [1.54, 1.807) is 0 Å². The van der Waals surface area contributed by atoms with E-state index in [9.17, 15) is 0 Å². The van der Waals surface area contributed by atoms with E-state index in [1.165, 1.54) is 12.8 Å². The van der Waals surface area contributed by atoms with Crippen LogP contribution in [-0.2, 0) is 0 Å². The molecule has 1 saturated heterocycles. The second kappa shape index (κ2) is 4.79. The van der Waals surface area contributed by atoms with Gasteiger partial charge in [0.2, 0.25) is 0 Å². The van der Waals surface area contributed by atoms with Crippen molar-refractivity contribution in [2.24, 2.45) is 5.92 Å². The molecule has 0 bridgehead atoms. The van der Waals surface area contributed by atoms with Gasteiger partial charge in [0, 0.05) is 0 Å². The summed E-state index contributed by atoms with van der Waals surface area (Å²) in [6.45, 7) is 4.57. The van der Waals surface area contributed by atoms with E-state index in [1.807, 2.05) is 12.3 Å². The van der Waals surface area contributed by atoms with Gasteiger partial charge in [0.1, 0.15) is 0 Å². The predicted molar refractivity (Wildman–Crippen MR) is 64.8 cm³/mol. The Morgan fingerprint density at radius 3 is 2.67 bits per heavy atom. The van der Waals surface area contributed by atoms with Crippen LogP contribution in [0.15, 0.2) is 18.3 Å². The van der Waals surface area contributed by atoms with Gasteiger partial charge >= 0.3 is 92.7 Å². The van der Waals surface area contributed by atoms with E-state index in [2.05, 4.69) is 37.2 Å². The third-order valence-electron chi connectivity index (χ3n) is 2.98. The maximum absolute atomic E-state index is 4.41. The van der Waals surface area contributed by atoms with Crippen LogP contribution < -0.4 is 4.90 Å². The van der Waals surface area contributed by atoms with Gasteiger partial charge in [-0.15, -0.1) is 0 Å². The predicted octanol–water partition coefficient (Wildman–Crippen LogP) is 3.04. The minimum absolute atomic E-state index is 0.861. The number of hydrogen-bond donors (Lipinski definition) is 0. The van der Waals surface area contributed by atoms with E-state index in [-0.39, 0.29) is 0 Å². The molecule has 78 valence electrons. The van der Waals surface area contributed by atoms with Crippen LogP contribution in [0.25, 0.3) is 0 Å². The molecule has 0 aliphatic carbocycles. The van der Waals surface area contributed by atoms with E-state index < -0.39 is 0 Å². The molecule has 2 heterocycles. The molecule has 15 heavy (non-hydrogen) atoms. The third-order valence-corrected chi connectivity index (χ3v) is 3.24. The van der Waals surface area contributed by atoms with Crippen molar-refractivity contribution in [2.75, 3.05) is 18.0 Å². The first-order valence-corrected chi connectivity index (χ1v) is 5.85. The first kappa shape index (κ1) is 10.7. The normalized spacial score (nSPS) is 17.5. The Balaban J connectivity index is 2.07.